The van der Waals surface area contributed by atoms with Crippen molar-refractivity contribution in [2.75, 3.05) is 12.8 Å². The van der Waals surface area contributed by atoms with Gasteiger partial charge in [-0.05, 0) is 61.9 Å². The molecule has 1 saturated heterocycles. The molecule has 1 heterocycles. The summed E-state index contributed by atoms with van der Waals surface area (Å²) in [6.07, 6.45) is 0.120. The zero-order valence-electron chi connectivity index (χ0n) is 20.0. The van der Waals surface area contributed by atoms with Crippen LogP contribution in [0.1, 0.15) is 59.6 Å². The van der Waals surface area contributed by atoms with Crippen LogP contribution in [0.3, 0.4) is 0 Å². The monoisotopic (exact) mass is 538 g/mol. The zero-order valence-corrected chi connectivity index (χ0v) is 20.8. The fourth-order valence-corrected chi connectivity index (χ4v) is 6.17. The van der Waals surface area contributed by atoms with E-state index in [0.29, 0.717) is 25.5 Å². The molecule has 0 bridgehead atoms. The van der Waals surface area contributed by atoms with E-state index in [-0.39, 0.29) is 21.9 Å². The first kappa shape index (κ1) is 25.7. The van der Waals surface area contributed by atoms with Crippen LogP contribution in [0.4, 0.5) is 17.6 Å². The van der Waals surface area contributed by atoms with E-state index in [1.54, 1.807) is 0 Å². The van der Waals surface area contributed by atoms with Crippen LogP contribution in [0.25, 0.3) is 0 Å². The molecule has 2 saturated carbocycles. The van der Waals surface area contributed by atoms with Crippen molar-refractivity contribution >= 4 is 21.7 Å². The molecule has 0 aromatic heterocycles. The van der Waals surface area contributed by atoms with Gasteiger partial charge in [0.1, 0.15) is 11.9 Å². The van der Waals surface area contributed by atoms with Crippen molar-refractivity contribution in [2.24, 2.45) is 11.3 Å². The van der Waals surface area contributed by atoms with Gasteiger partial charge in [0, 0.05) is 29.3 Å². The van der Waals surface area contributed by atoms with Gasteiger partial charge in [-0.3, -0.25) is 9.59 Å². The van der Waals surface area contributed by atoms with Crippen LogP contribution in [0.2, 0.25) is 0 Å². The number of likely N-dealkylation sites (tertiary alicyclic amines) is 1. The van der Waals surface area contributed by atoms with Gasteiger partial charge >= 0.3 is 6.18 Å². The molecule has 2 aliphatic carbocycles. The van der Waals surface area contributed by atoms with Crippen LogP contribution in [-0.4, -0.2) is 44.0 Å². The summed E-state index contributed by atoms with van der Waals surface area (Å²) in [4.78, 5) is 28.3. The number of nitrogens with one attached hydrogen (secondary N) is 1. The first-order valence-electron chi connectivity index (χ1n) is 12.1. The van der Waals surface area contributed by atoms with Crippen molar-refractivity contribution in [2.45, 2.75) is 55.3 Å². The molecule has 5 rings (SSSR count). The molecule has 1 N–H and O–H groups in total. The minimum atomic E-state index is -4.69. The molecule has 198 valence electrons. The molecular weight excluding hydrogens is 512 g/mol. The van der Waals surface area contributed by atoms with Crippen molar-refractivity contribution < 1.29 is 35.6 Å². The van der Waals surface area contributed by atoms with Crippen molar-refractivity contribution in [3.8, 4) is 0 Å². The predicted octanol–water partition coefficient (Wildman–Crippen LogP) is 4.51. The van der Waals surface area contributed by atoms with Crippen molar-refractivity contribution in [1.82, 2.24) is 10.2 Å². The Hall–Kier alpha value is -2.95. The van der Waals surface area contributed by atoms with E-state index < -0.39 is 56.7 Å². The van der Waals surface area contributed by atoms with Crippen LogP contribution in [0.5, 0.6) is 0 Å². The second-order valence-corrected chi connectivity index (χ2v) is 12.4. The van der Waals surface area contributed by atoms with Crippen LogP contribution in [0, 0.1) is 17.2 Å². The highest BCUT2D eigenvalue weighted by atomic mass is 32.2. The Bertz CT molecular complexity index is 1370. The minimum Gasteiger partial charge on any atom is -0.347 e. The average Bonchev–Trinajstić information content (AvgIpc) is 3.60. The third-order valence-corrected chi connectivity index (χ3v) is 8.91. The summed E-state index contributed by atoms with van der Waals surface area (Å²) in [5.74, 6) is -2.10. The molecule has 1 aliphatic heterocycles. The Morgan fingerprint density at radius 1 is 1.11 bits per heavy atom. The number of hydrogen-bond acceptors (Lipinski definition) is 4. The number of rotatable bonds is 6. The highest BCUT2D eigenvalue weighted by Gasteiger charge is 2.61. The maximum atomic E-state index is 14.8. The van der Waals surface area contributed by atoms with Gasteiger partial charge in [-0.25, -0.2) is 12.8 Å². The summed E-state index contributed by atoms with van der Waals surface area (Å²) in [5, 5.41) is 2.84. The summed E-state index contributed by atoms with van der Waals surface area (Å²) < 4.78 is 77.7. The second-order valence-electron chi connectivity index (χ2n) is 10.4. The Morgan fingerprint density at radius 2 is 1.81 bits per heavy atom. The Labute approximate surface area is 212 Å². The molecule has 2 aromatic carbocycles. The zero-order chi connectivity index (χ0) is 26.8. The number of sulfone groups is 1. The number of nitrogens with zero attached hydrogens (tertiary/aromatic N) is 1. The third kappa shape index (κ3) is 4.73. The predicted molar refractivity (Wildman–Crippen MR) is 126 cm³/mol. The summed E-state index contributed by atoms with van der Waals surface area (Å²) in [6, 6.07) is 6.31. The Balaban J connectivity index is 1.40. The fraction of sp³-hybridized carbons (Fsp3) is 0.462. The summed E-state index contributed by atoms with van der Waals surface area (Å²) in [5.41, 5.74) is -1.37. The highest BCUT2D eigenvalue weighted by molar-refractivity contribution is 7.90. The largest absolute Gasteiger partial charge is 0.416 e. The van der Waals surface area contributed by atoms with Crippen molar-refractivity contribution in [3.05, 3.63) is 65.0 Å². The van der Waals surface area contributed by atoms with Gasteiger partial charge in [0.25, 0.3) is 5.91 Å². The van der Waals surface area contributed by atoms with E-state index in [4.69, 9.17) is 0 Å². The number of halogens is 4. The van der Waals surface area contributed by atoms with E-state index in [0.717, 1.165) is 37.7 Å². The minimum absolute atomic E-state index is 0.00944. The molecule has 6 nitrogen and oxygen atoms in total. The van der Waals surface area contributed by atoms with E-state index in [2.05, 4.69) is 5.32 Å². The van der Waals surface area contributed by atoms with E-state index in [1.807, 2.05) is 0 Å². The van der Waals surface area contributed by atoms with E-state index >= 15 is 0 Å². The summed E-state index contributed by atoms with van der Waals surface area (Å²) >= 11 is 0. The normalized spacial score (nSPS) is 21.6. The SMILES string of the molecule is CS(=O)(=O)c1cccc(C(=O)N2CC3(CCC3)C2C(=O)NC(c2ccc(C(F)(F)F)cc2F)C2CC2)c1. The molecule has 0 radical (unpaired) electrons. The number of benzene rings is 2. The smallest absolute Gasteiger partial charge is 0.347 e. The lowest BCUT2D eigenvalue weighted by atomic mass is 9.57. The third-order valence-electron chi connectivity index (χ3n) is 7.80. The Morgan fingerprint density at radius 3 is 2.35 bits per heavy atom. The number of amides is 2. The Kier molecular flexibility index (Phi) is 6.12. The molecule has 2 unspecified atom stereocenters. The maximum absolute atomic E-state index is 14.8. The van der Waals surface area contributed by atoms with E-state index in [9.17, 15) is 35.6 Å². The molecule has 37 heavy (non-hydrogen) atoms. The lowest BCUT2D eigenvalue weighted by molar-refractivity contribution is -0.153. The van der Waals surface area contributed by atoms with Gasteiger partial charge in [-0.2, -0.15) is 13.2 Å². The van der Waals surface area contributed by atoms with Gasteiger partial charge in [0.2, 0.25) is 5.91 Å². The first-order valence-corrected chi connectivity index (χ1v) is 14.0. The first-order chi connectivity index (χ1) is 17.3. The lowest BCUT2D eigenvalue weighted by Gasteiger charge is -2.61. The van der Waals surface area contributed by atoms with Gasteiger partial charge < -0.3 is 10.2 Å². The number of hydrogen-bond donors (Lipinski definition) is 1. The maximum Gasteiger partial charge on any atom is 0.416 e. The fourth-order valence-electron chi connectivity index (χ4n) is 5.50. The van der Waals surface area contributed by atoms with Crippen LogP contribution in [-0.2, 0) is 20.8 Å². The molecule has 3 aliphatic rings. The lowest BCUT2D eigenvalue weighted by Crippen LogP contribution is -2.73. The molecule has 11 heteroatoms. The molecule has 1 spiro atoms. The van der Waals surface area contributed by atoms with Crippen LogP contribution >= 0.6 is 0 Å². The molecule has 2 atom stereocenters. The number of carbonyl (C=O) groups is 2. The number of alkyl halides is 3. The quantitative estimate of drug-likeness (QED) is 0.549. The van der Waals surface area contributed by atoms with Crippen molar-refractivity contribution in [1.29, 1.82) is 0 Å². The van der Waals surface area contributed by atoms with Crippen LogP contribution < -0.4 is 5.32 Å². The van der Waals surface area contributed by atoms with Gasteiger partial charge in [0.05, 0.1) is 16.5 Å². The number of carbonyl (C=O) groups excluding carboxylic acids is 2. The summed E-state index contributed by atoms with van der Waals surface area (Å²) in [7, 11) is -3.54. The van der Waals surface area contributed by atoms with Gasteiger partial charge in [-0.15, -0.1) is 0 Å². The van der Waals surface area contributed by atoms with Gasteiger partial charge in [0.15, 0.2) is 9.84 Å². The van der Waals surface area contributed by atoms with Crippen molar-refractivity contribution in [3.63, 3.8) is 0 Å². The van der Waals surface area contributed by atoms with E-state index in [1.165, 1.54) is 29.2 Å². The molecule has 3 fully saturated rings. The molecule has 2 aromatic rings. The molecule has 2 amide bonds. The summed E-state index contributed by atoms with van der Waals surface area (Å²) in [6.45, 7) is 0.343. The highest BCUT2D eigenvalue weighted by Crippen LogP contribution is 2.54. The molecular formula is C26H26F4N2O4S. The van der Waals surface area contributed by atoms with Gasteiger partial charge in [-0.1, -0.05) is 18.6 Å². The van der Waals surface area contributed by atoms with Crippen LogP contribution in [0.15, 0.2) is 47.4 Å². The topological polar surface area (TPSA) is 83.6 Å². The average molecular weight is 539 g/mol. The second kappa shape index (κ2) is 8.82. The standard InChI is InChI=1S/C26H26F4N2O4S/c1-37(35,36)18-5-2-4-16(12-18)24(34)32-14-25(10-3-11-25)22(32)23(33)31-21(15-6-7-15)19-9-8-17(13-20(19)27)26(28,29)30/h2,4-5,8-9,12-13,15,21-22H,3,6-7,10-11,14H2,1H3,(H,31,33).